The summed E-state index contributed by atoms with van der Waals surface area (Å²) in [6, 6.07) is 18.8. The third-order valence-electron chi connectivity index (χ3n) is 3.48. The third kappa shape index (κ3) is 3.90. The fourth-order valence-corrected chi connectivity index (χ4v) is 3.22. The average Bonchev–Trinajstić information content (AvgIpc) is 2.90. The van der Waals surface area contributed by atoms with Gasteiger partial charge in [-0.25, -0.2) is 4.99 Å². The van der Waals surface area contributed by atoms with Crippen LogP contribution < -0.4 is 4.74 Å². The lowest BCUT2D eigenvalue weighted by molar-refractivity contribution is -0.121. The molecule has 5 nitrogen and oxygen atoms in total. The van der Waals surface area contributed by atoms with Gasteiger partial charge in [0.25, 0.3) is 5.91 Å². The van der Waals surface area contributed by atoms with Gasteiger partial charge >= 0.3 is 0 Å². The number of carbonyl (C=O) groups excluding carboxylic acids is 1. The number of nitrogens with zero attached hydrogens (tertiary/aromatic N) is 3. The van der Waals surface area contributed by atoms with Crippen molar-refractivity contribution >= 4 is 34.6 Å². The van der Waals surface area contributed by atoms with Gasteiger partial charge in [0.2, 0.25) is 0 Å². The minimum Gasteiger partial charge on any atom is -0.478 e. The number of amides is 1. The molecule has 2 aromatic rings. The van der Waals surface area contributed by atoms with Crippen LogP contribution >= 0.6 is 11.8 Å². The number of nitriles is 1. The molecule has 1 aliphatic rings. The molecule has 0 saturated carbocycles. The molecule has 0 N–H and O–H groups in total. The van der Waals surface area contributed by atoms with Crippen LogP contribution in [0.5, 0.6) is 5.75 Å². The molecule has 1 saturated heterocycles. The largest absolute Gasteiger partial charge is 0.478 e. The highest BCUT2D eigenvalue weighted by atomic mass is 32.2. The molecule has 25 heavy (non-hydrogen) atoms. The van der Waals surface area contributed by atoms with Gasteiger partial charge in [-0.15, -0.1) is 0 Å². The SMILES string of the molecule is CN1C(=O)/C(=C/c2ccccc2OCC#N)SC1=Nc1ccccc1. The minimum absolute atomic E-state index is 0.0398. The second-order valence-corrected chi connectivity index (χ2v) is 6.20. The molecule has 1 fully saturated rings. The van der Waals surface area contributed by atoms with Crippen LogP contribution in [-0.2, 0) is 4.79 Å². The Bertz CT molecular complexity index is 885. The predicted octanol–water partition coefficient (Wildman–Crippen LogP) is 3.82. The van der Waals surface area contributed by atoms with E-state index in [4.69, 9.17) is 10.00 Å². The van der Waals surface area contributed by atoms with Crippen molar-refractivity contribution < 1.29 is 9.53 Å². The van der Waals surface area contributed by atoms with Gasteiger partial charge < -0.3 is 4.74 Å². The summed E-state index contributed by atoms with van der Waals surface area (Å²) < 4.78 is 5.41. The molecular formula is C19H15N3O2S. The van der Waals surface area contributed by atoms with Crippen molar-refractivity contribution in [2.75, 3.05) is 13.7 Å². The summed E-state index contributed by atoms with van der Waals surface area (Å²) in [6.07, 6.45) is 1.77. The maximum Gasteiger partial charge on any atom is 0.266 e. The zero-order chi connectivity index (χ0) is 17.6. The first-order chi connectivity index (χ1) is 12.2. The van der Waals surface area contributed by atoms with Crippen LogP contribution in [0.4, 0.5) is 5.69 Å². The molecule has 0 bridgehead atoms. The molecule has 0 unspecified atom stereocenters. The molecule has 1 aliphatic heterocycles. The molecule has 1 amide bonds. The van der Waals surface area contributed by atoms with Crippen molar-refractivity contribution in [1.82, 2.24) is 4.90 Å². The highest BCUT2D eigenvalue weighted by molar-refractivity contribution is 8.18. The Morgan fingerprint density at radius 3 is 2.68 bits per heavy atom. The van der Waals surface area contributed by atoms with E-state index in [1.165, 1.54) is 16.7 Å². The standard InChI is InChI=1S/C19H15N3O2S/c1-22-18(23)17(25-19(22)21-15-8-3-2-4-9-15)13-14-7-5-6-10-16(14)24-12-11-20/h2-10,13H,12H2,1H3/b17-13-,21-19?. The van der Waals surface area contributed by atoms with Gasteiger partial charge in [-0.2, -0.15) is 5.26 Å². The Hall–Kier alpha value is -3.04. The number of hydrogen-bond donors (Lipinski definition) is 0. The Labute approximate surface area is 150 Å². The fraction of sp³-hybridized carbons (Fsp3) is 0.105. The van der Waals surface area contributed by atoms with Gasteiger partial charge in [-0.3, -0.25) is 9.69 Å². The van der Waals surface area contributed by atoms with Crippen LogP contribution in [0.3, 0.4) is 0 Å². The number of aliphatic imine (C=N–C) groups is 1. The van der Waals surface area contributed by atoms with Crippen LogP contribution in [0.2, 0.25) is 0 Å². The summed E-state index contributed by atoms with van der Waals surface area (Å²) in [4.78, 5) is 19.1. The maximum absolute atomic E-state index is 12.5. The molecule has 1 heterocycles. The number of ether oxygens (including phenoxy) is 1. The number of likely N-dealkylation sites (N-methyl/N-ethyl adjacent to an activating group) is 1. The van der Waals surface area contributed by atoms with Crippen LogP contribution in [-0.4, -0.2) is 29.6 Å². The molecule has 0 atom stereocenters. The summed E-state index contributed by atoms with van der Waals surface area (Å²) in [5.74, 6) is 0.454. The van der Waals surface area contributed by atoms with E-state index < -0.39 is 0 Å². The van der Waals surface area contributed by atoms with Crippen molar-refractivity contribution in [2.45, 2.75) is 0 Å². The summed E-state index contributed by atoms with van der Waals surface area (Å²) in [7, 11) is 1.70. The van der Waals surface area contributed by atoms with Crippen molar-refractivity contribution in [2.24, 2.45) is 4.99 Å². The smallest absolute Gasteiger partial charge is 0.266 e. The van der Waals surface area contributed by atoms with E-state index in [2.05, 4.69) is 4.99 Å². The van der Waals surface area contributed by atoms with Crippen LogP contribution in [0.15, 0.2) is 64.5 Å². The number of benzene rings is 2. The normalized spacial score (nSPS) is 17.1. The van der Waals surface area contributed by atoms with Crippen molar-refractivity contribution in [3.05, 3.63) is 65.1 Å². The molecule has 0 aliphatic carbocycles. The first-order valence-electron chi connectivity index (χ1n) is 7.59. The molecule has 0 spiro atoms. The van der Waals surface area contributed by atoms with E-state index in [1.807, 2.05) is 54.6 Å². The van der Waals surface area contributed by atoms with E-state index in [9.17, 15) is 4.79 Å². The topological polar surface area (TPSA) is 65.7 Å². The number of thioether (sulfide) groups is 1. The molecule has 2 aromatic carbocycles. The summed E-state index contributed by atoms with van der Waals surface area (Å²) >= 11 is 1.32. The average molecular weight is 349 g/mol. The lowest BCUT2D eigenvalue weighted by Gasteiger charge is -2.07. The number of hydrogen-bond acceptors (Lipinski definition) is 5. The van der Waals surface area contributed by atoms with E-state index in [0.29, 0.717) is 15.8 Å². The molecule has 0 radical (unpaired) electrons. The lowest BCUT2D eigenvalue weighted by atomic mass is 10.2. The van der Waals surface area contributed by atoms with Crippen molar-refractivity contribution in [3.63, 3.8) is 0 Å². The van der Waals surface area contributed by atoms with Crippen LogP contribution in [0.25, 0.3) is 6.08 Å². The van der Waals surface area contributed by atoms with E-state index in [-0.39, 0.29) is 12.5 Å². The van der Waals surface area contributed by atoms with Gasteiger partial charge in [0.15, 0.2) is 11.8 Å². The van der Waals surface area contributed by atoms with E-state index >= 15 is 0 Å². The zero-order valence-electron chi connectivity index (χ0n) is 13.5. The maximum atomic E-state index is 12.5. The molecule has 0 aromatic heterocycles. The first-order valence-corrected chi connectivity index (χ1v) is 8.41. The van der Waals surface area contributed by atoms with Gasteiger partial charge in [-0.05, 0) is 36.0 Å². The predicted molar refractivity (Wildman–Crippen MR) is 99.4 cm³/mol. The fourth-order valence-electron chi connectivity index (χ4n) is 2.25. The van der Waals surface area contributed by atoms with Gasteiger partial charge in [0, 0.05) is 12.6 Å². The van der Waals surface area contributed by atoms with Crippen molar-refractivity contribution in [1.29, 1.82) is 5.26 Å². The Morgan fingerprint density at radius 2 is 1.92 bits per heavy atom. The molecule has 6 heteroatoms. The Balaban J connectivity index is 1.89. The lowest BCUT2D eigenvalue weighted by Crippen LogP contribution is -2.23. The molecule has 124 valence electrons. The van der Waals surface area contributed by atoms with Crippen LogP contribution in [0, 0.1) is 11.3 Å². The monoisotopic (exact) mass is 349 g/mol. The van der Waals surface area contributed by atoms with E-state index in [0.717, 1.165) is 11.3 Å². The van der Waals surface area contributed by atoms with E-state index in [1.54, 1.807) is 19.2 Å². The second kappa shape index (κ2) is 7.69. The highest BCUT2D eigenvalue weighted by Gasteiger charge is 2.30. The summed E-state index contributed by atoms with van der Waals surface area (Å²) in [6.45, 7) is -0.0398. The number of amidine groups is 1. The highest BCUT2D eigenvalue weighted by Crippen LogP contribution is 2.34. The van der Waals surface area contributed by atoms with Gasteiger partial charge in [0.1, 0.15) is 11.8 Å². The Kier molecular flexibility index (Phi) is 5.17. The number of para-hydroxylation sites is 2. The van der Waals surface area contributed by atoms with Crippen molar-refractivity contribution in [3.8, 4) is 11.8 Å². The van der Waals surface area contributed by atoms with Crippen LogP contribution in [0.1, 0.15) is 5.56 Å². The number of rotatable bonds is 4. The van der Waals surface area contributed by atoms with Gasteiger partial charge in [-0.1, -0.05) is 36.4 Å². The summed E-state index contributed by atoms with van der Waals surface area (Å²) in [5, 5.41) is 9.31. The second-order valence-electron chi connectivity index (χ2n) is 5.19. The van der Waals surface area contributed by atoms with Gasteiger partial charge in [0.05, 0.1) is 10.6 Å². The molecule has 3 rings (SSSR count). The summed E-state index contributed by atoms with van der Waals surface area (Å²) in [5.41, 5.74) is 1.55. The Morgan fingerprint density at radius 1 is 1.20 bits per heavy atom. The number of carbonyl (C=O) groups is 1. The molecular weight excluding hydrogens is 334 g/mol. The first kappa shape index (κ1) is 16.8. The quantitative estimate of drug-likeness (QED) is 0.787. The minimum atomic E-state index is -0.116. The zero-order valence-corrected chi connectivity index (χ0v) is 14.4. The third-order valence-corrected chi connectivity index (χ3v) is 4.54.